The predicted octanol–water partition coefficient (Wildman–Crippen LogP) is 1.06. The SMILES string of the molecule is NC[C@H]1CN(c2ccc(N3CCOCC3)c(F)c2)C(=O)O1.S. The molecule has 0 aromatic heterocycles. The van der Waals surface area contributed by atoms with Crippen LogP contribution in [0.3, 0.4) is 0 Å². The zero-order valence-corrected chi connectivity index (χ0v) is 13.1. The summed E-state index contributed by atoms with van der Waals surface area (Å²) < 4.78 is 24.6. The maximum Gasteiger partial charge on any atom is 0.414 e. The zero-order valence-electron chi connectivity index (χ0n) is 12.1. The largest absolute Gasteiger partial charge is 0.443 e. The molecule has 2 aliphatic rings. The summed E-state index contributed by atoms with van der Waals surface area (Å²) in [4.78, 5) is 15.1. The van der Waals surface area contributed by atoms with Gasteiger partial charge >= 0.3 is 6.09 Å². The van der Waals surface area contributed by atoms with E-state index in [0.29, 0.717) is 44.2 Å². The molecule has 0 unspecified atom stereocenters. The van der Waals surface area contributed by atoms with Gasteiger partial charge in [0, 0.05) is 19.6 Å². The van der Waals surface area contributed by atoms with Crippen molar-refractivity contribution < 1.29 is 18.7 Å². The number of hydrogen-bond donors (Lipinski definition) is 1. The number of halogens is 1. The highest BCUT2D eigenvalue weighted by Crippen LogP contribution is 2.28. The summed E-state index contributed by atoms with van der Waals surface area (Å²) >= 11 is 0. The van der Waals surface area contributed by atoms with Gasteiger partial charge in [0.05, 0.1) is 31.1 Å². The minimum atomic E-state index is -0.482. The van der Waals surface area contributed by atoms with E-state index in [9.17, 15) is 9.18 Å². The molecule has 22 heavy (non-hydrogen) atoms. The van der Waals surface area contributed by atoms with Crippen LogP contribution in [0, 0.1) is 5.82 Å². The van der Waals surface area contributed by atoms with Crippen molar-refractivity contribution in [2.45, 2.75) is 6.10 Å². The van der Waals surface area contributed by atoms with E-state index in [1.165, 1.54) is 11.0 Å². The maximum atomic E-state index is 14.3. The first-order valence-corrected chi connectivity index (χ1v) is 6.99. The van der Waals surface area contributed by atoms with Gasteiger partial charge in [-0.3, -0.25) is 4.90 Å². The quantitative estimate of drug-likeness (QED) is 0.898. The lowest BCUT2D eigenvalue weighted by atomic mass is 10.2. The van der Waals surface area contributed by atoms with Crippen LogP contribution in [0.15, 0.2) is 18.2 Å². The first-order valence-electron chi connectivity index (χ1n) is 6.99. The van der Waals surface area contributed by atoms with Crippen LogP contribution in [0.4, 0.5) is 20.6 Å². The van der Waals surface area contributed by atoms with Crippen LogP contribution in [0.25, 0.3) is 0 Å². The number of cyclic esters (lactones) is 1. The van der Waals surface area contributed by atoms with Gasteiger partial charge in [-0.15, -0.1) is 0 Å². The van der Waals surface area contributed by atoms with Gasteiger partial charge in [-0.2, -0.15) is 13.5 Å². The van der Waals surface area contributed by atoms with Crippen molar-refractivity contribution in [2.24, 2.45) is 5.73 Å². The molecule has 0 bridgehead atoms. The average molecular weight is 329 g/mol. The Morgan fingerprint density at radius 1 is 1.32 bits per heavy atom. The number of carbonyl (C=O) groups excluding carboxylic acids is 1. The first-order chi connectivity index (χ1) is 10.2. The number of nitrogens with two attached hydrogens (primary N) is 1. The second kappa shape index (κ2) is 7.17. The lowest BCUT2D eigenvalue weighted by molar-refractivity contribution is 0.122. The number of rotatable bonds is 3. The minimum Gasteiger partial charge on any atom is -0.443 e. The lowest BCUT2D eigenvalue weighted by Crippen LogP contribution is -2.36. The molecule has 3 rings (SSSR count). The Bertz CT molecular complexity index is 540. The predicted molar refractivity (Wildman–Crippen MR) is 86.5 cm³/mol. The molecule has 0 aliphatic carbocycles. The van der Waals surface area contributed by atoms with Crippen LogP contribution in [0.2, 0.25) is 0 Å². The molecule has 8 heteroatoms. The van der Waals surface area contributed by atoms with Crippen molar-refractivity contribution in [3.05, 3.63) is 24.0 Å². The molecule has 1 atom stereocenters. The van der Waals surface area contributed by atoms with E-state index < -0.39 is 6.09 Å². The van der Waals surface area contributed by atoms with Gasteiger partial charge in [-0.05, 0) is 18.2 Å². The fourth-order valence-corrected chi connectivity index (χ4v) is 2.58. The summed E-state index contributed by atoms with van der Waals surface area (Å²) in [5, 5.41) is 0. The highest BCUT2D eigenvalue weighted by Gasteiger charge is 2.32. The van der Waals surface area contributed by atoms with E-state index >= 15 is 0 Å². The molecule has 0 saturated carbocycles. The minimum absolute atomic E-state index is 0. The molecular weight excluding hydrogens is 309 g/mol. The fraction of sp³-hybridized carbons (Fsp3) is 0.500. The maximum absolute atomic E-state index is 14.3. The number of hydrogen-bond acceptors (Lipinski definition) is 5. The van der Waals surface area contributed by atoms with Crippen molar-refractivity contribution in [2.75, 3.05) is 49.2 Å². The Balaban J connectivity index is 0.00000176. The molecule has 122 valence electrons. The summed E-state index contributed by atoms with van der Waals surface area (Å²) in [5.41, 5.74) is 6.51. The number of anilines is 2. The number of benzene rings is 1. The van der Waals surface area contributed by atoms with Crippen LogP contribution in [0.5, 0.6) is 0 Å². The van der Waals surface area contributed by atoms with E-state index in [4.69, 9.17) is 15.2 Å². The van der Waals surface area contributed by atoms with Gasteiger partial charge < -0.3 is 20.1 Å². The van der Waals surface area contributed by atoms with Crippen LogP contribution >= 0.6 is 13.5 Å². The number of carbonyl (C=O) groups is 1. The smallest absolute Gasteiger partial charge is 0.414 e. The highest BCUT2D eigenvalue weighted by molar-refractivity contribution is 7.59. The third kappa shape index (κ3) is 3.29. The fourth-order valence-electron chi connectivity index (χ4n) is 2.58. The normalized spacial score (nSPS) is 21.5. The Hall–Kier alpha value is -1.51. The van der Waals surface area contributed by atoms with Gasteiger partial charge in [-0.25, -0.2) is 9.18 Å². The molecular formula is C14H20FN3O3S. The van der Waals surface area contributed by atoms with E-state index in [0.717, 1.165) is 0 Å². The van der Waals surface area contributed by atoms with Crippen LogP contribution in [0.1, 0.15) is 0 Å². The molecule has 0 spiro atoms. The number of nitrogens with zero attached hydrogens (tertiary/aromatic N) is 2. The second-order valence-corrected chi connectivity index (χ2v) is 5.09. The standard InChI is InChI=1S/C14H18FN3O3.H2S/c15-12-7-10(18-9-11(8-16)21-14(18)19)1-2-13(12)17-3-5-20-6-4-17;/h1-2,7,11H,3-6,8-9,16H2;1H2/t11-;/m0./s1. The van der Waals surface area contributed by atoms with Gasteiger partial charge in [0.1, 0.15) is 11.9 Å². The van der Waals surface area contributed by atoms with Gasteiger partial charge in [0.25, 0.3) is 0 Å². The molecule has 6 nitrogen and oxygen atoms in total. The van der Waals surface area contributed by atoms with Crippen molar-refractivity contribution >= 4 is 31.0 Å². The van der Waals surface area contributed by atoms with Gasteiger partial charge in [-0.1, -0.05) is 0 Å². The van der Waals surface area contributed by atoms with Crippen LogP contribution in [-0.2, 0) is 9.47 Å². The van der Waals surface area contributed by atoms with E-state index in [1.807, 2.05) is 4.90 Å². The zero-order chi connectivity index (χ0) is 14.8. The van der Waals surface area contributed by atoms with Crippen molar-refractivity contribution in [1.29, 1.82) is 0 Å². The Labute approximate surface area is 135 Å². The van der Waals surface area contributed by atoms with Crippen molar-refractivity contribution in [3.8, 4) is 0 Å². The van der Waals surface area contributed by atoms with Crippen molar-refractivity contribution in [3.63, 3.8) is 0 Å². The summed E-state index contributed by atoms with van der Waals surface area (Å²) in [5.74, 6) is -0.349. The monoisotopic (exact) mass is 329 g/mol. The van der Waals surface area contributed by atoms with Gasteiger partial charge in [0.15, 0.2) is 0 Å². The number of amides is 1. The van der Waals surface area contributed by atoms with E-state index in [-0.39, 0.29) is 32.0 Å². The van der Waals surface area contributed by atoms with E-state index in [2.05, 4.69) is 0 Å². The molecule has 1 amide bonds. The molecule has 2 heterocycles. The molecule has 2 N–H and O–H groups in total. The third-order valence-electron chi connectivity index (χ3n) is 3.73. The molecule has 0 radical (unpaired) electrons. The Morgan fingerprint density at radius 2 is 2.05 bits per heavy atom. The van der Waals surface area contributed by atoms with Crippen molar-refractivity contribution in [1.82, 2.24) is 0 Å². The summed E-state index contributed by atoms with van der Waals surface area (Å²) in [7, 11) is 0. The average Bonchev–Trinajstić information content (AvgIpc) is 2.89. The van der Waals surface area contributed by atoms with Crippen LogP contribution < -0.4 is 15.5 Å². The molecule has 1 aromatic carbocycles. The van der Waals surface area contributed by atoms with E-state index in [1.54, 1.807) is 12.1 Å². The lowest BCUT2D eigenvalue weighted by Gasteiger charge is -2.29. The van der Waals surface area contributed by atoms with Gasteiger partial charge in [0.2, 0.25) is 0 Å². The topological polar surface area (TPSA) is 68.0 Å². The molecule has 2 fully saturated rings. The highest BCUT2D eigenvalue weighted by atomic mass is 32.1. The molecule has 2 aliphatic heterocycles. The van der Waals surface area contributed by atoms with Crippen LogP contribution in [-0.4, -0.2) is 51.6 Å². The molecule has 2 saturated heterocycles. The summed E-state index contributed by atoms with van der Waals surface area (Å²) in [6.45, 7) is 3.13. The third-order valence-corrected chi connectivity index (χ3v) is 3.73. The first kappa shape index (κ1) is 16.9. The Morgan fingerprint density at radius 3 is 2.64 bits per heavy atom. The summed E-state index contributed by atoms with van der Waals surface area (Å²) in [6.07, 6.45) is -0.816. The number of ether oxygens (including phenoxy) is 2. The Kier molecular flexibility index (Phi) is 5.49. The second-order valence-electron chi connectivity index (χ2n) is 5.09. The molecule has 1 aromatic rings. The number of morpholine rings is 1. The summed E-state index contributed by atoms with van der Waals surface area (Å²) in [6, 6.07) is 4.79.